The van der Waals surface area contributed by atoms with Crippen molar-refractivity contribution in [3.8, 4) is 5.75 Å². The van der Waals surface area contributed by atoms with Gasteiger partial charge in [-0.15, -0.1) is 0 Å². The third-order valence-corrected chi connectivity index (χ3v) is 2.51. The number of rotatable bonds is 3. The number of benzene rings is 2. The number of phenols is 1. The number of nitrogens with one attached hydrogen (secondary N) is 1. The van der Waals surface area contributed by atoms with E-state index in [0.717, 1.165) is 0 Å². The Labute approximate surface area is 109 Å². The first kappa shape index (κ1) is 12.6. The summed E-state index contributed by atoms with van der Waals surface area (Å²) in [7, 11) is 0. The number of nitrogens with two attached hydrogens (primary N) is 1. The molecule has 96 valence electrons. The van der Waals surface area contributed by atoms with Crippen molar-refractivity contribution in [2.75, 3.05) is 5.32 Å². The maximum atomic E-state index is 11.9. The normalized spacial score (nSPS) is 9.89. The highest BCUT2D eigenvalue weighted by Gasteiger charge is 2.08. The largest absolute Gasteiger partial charge is 0.508 e. The summed E-state index contributed by atoms with van der Waals surface area (Å²) in [6.07, 6.45) is 0. The number of hydrogen-bond donors (Lipinski definition) is 3. The van der Waals surface area contributed by atoms with Gasteiger partial charge in [0.15, 0.2) is 0 Å². The SMILES string of the molecule is NC(=O)c1cccc(NC(=O)c2cccc(O)c2)c1. The first-order chi connectivity index (χ1) is 9.06. The van der Waals surface area contributed by atoms with E-state index >= 15 is 0 Å². The molecule has 0 aliphatic heterocycles. The maximum absolute atomic E-state index is 11.9. The maximum Gasteiger partial charge on any atom is 0.255 e. The lowest BCUT2D eigenvalue weighted by atomic mass is 10.1. The fraction of sp³-hybridized carbons (Fsp3) is 0. The molecule has 19 heavy (non-hydrogen) atoms. The van der Waals surface area contributed by atoms with Crippen molar-refractivity contribution in [2.24, 2.45) is 5.73 Å². The Kier molecular flexibility index (Phi) is 3.47. The number of amides is 2. The molecule has 0 saturated carbocycles. The Bertz CT molecular complexity index is 638. The van der Waals surface area contributed by atoms with E-state index in [1.54, 1.807) is 30.3 Å². The monoisotopic (exact) mass is 256 g/mol. The minimum atomic E-state index is -0.562. The van der Waals surface area contributed by atoms with Gasteiger partial charge in [-0.25, -0.2) is 0 Å². The van der Waals surface area contributed by atoms with Gasteiger partial charge in [-0.3, -0.25) is 9.59 Å². The van der Waals surface area contributed by atoms with Crippen LogP contribution in [0.25, 0.3) is 0 Å². The topological polar surface area (TPSA) is 92.4 Å². The molecule has 0 spiro atoms. The van der Waals surface area contributed by atoms with Crippen LogP contribution in [0, 0.1) is 0 Å². The lowest BCUT2D eigenvalue weighted by Gasteiger charge is -2.06. The molecule has 0 unspecified atom stereocenters. The summed E-state index contributed by atoms with van der Waals surface area (Å²) in [5, 5.41) is 11.9. The smallest absolute Gasteiger partial charge is 0.255 e. The molecule has 5 nitrogen and oxygen atoms in total. The lowest BCUT2D eigenvalue weighted by Crippen LogP contribution is -2.14. The van der Waals surface area contributed by atoms with Crippen molar-refractivity contribution >= 4 is 17.5 Å². The zero-order valence-electron chi connectivity index (χ0n) is 9.96. The van der Waals surface area contributed by atoms with Crippen molar-refractivity contribution in [2.45, 2.75) is 0 Å². The number of primary amides is 1. The molecule has 0 heterocycles. The van der Waals surface area contributed by atoms with Crippen molar-refractivity contribution in [1.82, 2.24) is 0 Å². The molecule has 2 aromatic rings. The second-order valence-corrected chi connectivity index (χ2v) is 3.95. The van der Waals surface area contributed by atoms with Crippen molar-refractivity contribution in [3.05, 3.63) is 59.7 Å². The number of phenolic OH excluding ortho intramolecular Hbond substituents is 1. The van der Waals surface area contributed by atoms with Crippen molar-refractivity contribution in [3.63, 3.8) is 0 Å². The van der Waals surface area contributed by atoms with Crippen LogP contribution in [-0.4, -0.2) is 16.9 Å². The predicted octanol–water partition coefficient (Wildman–Crippen LogP) is 1.74. The van der Waals surface area contributed by atoms with Crippen LogP contribution in [0.1, 0.15) is 20.7 Å². The van der Waals surface area contributed by atoms with Gasteiger partial charge in [0.1, 0.15) is 5.75 Å². The van der Waals surface area contributed by atoms with Crippen LogP contribution in [0.4, 0.5) is 5.69 Å². The summed E-state index contributed by atoms with van der Waals surface area (Å²) < 4.78 is 0. The third kappa shape index (κ3) is 3.10. The minimum absolute atomic E-state index is 0.0125. The quantitative estimate of drug-likeness (QED) is 0.781. The molecule has 0 fully saturated rings. The number of carbonyl (C=O) groups excluding carboxylic acids is 2. The summed E-state index contributed by atoms with van der Waals surface area (Å²) in [5.74, 6) is -0.926. The van der Waals surface area contributed by atoms with Gasteiger partial charge >= 0.3 is 0 Å². The van der Waals surface area contributed by atoms with Crippen LogP contribution in [0.2, 0.25) is 0 Å². The highest BCUT2D eigenvalue weighted by molar-refractivity contribution is 6.05. The summed E-state index contributed by atoms with van der Waals surface area (Å²) in [6, 6.07) is 12.3. The fourth-order valence-corrected chi connectivity index (χ4v) is 1.60. The second-order valence-electron chi connectivity index (χ2n) is 3.95. The number of hydrogen-bond acceptors (Lipinski definition) is 3. The van der Waals surface area contributed by atoms with E-state index in [4.69, 9.17) is 5.73 Å². The van der Waals surface area contributed by atoms with E-state index in [2.05, 4.69) is 5.32 Å². The predicted molar refractivity (Wildman–Crippen MR) is 71.0 cm³/mol. The van der Waals surface area contributed by atoms with Crippen molar-refractivity contribution in [1.29, 1.82) is 0 Å². The van der Waals surface area contributed by atoms with Crippen LogP contribution in [-0.2, 0) is 0 Å². The van der Waals surface area contributed by atoms with Crippen molar-refractivity contribution < 1.29 is 14.7 Å². The molecule has 2 amide bonds. The Morgan fingerprint density at radius 1 is 1.00 bits per heavy atom. The van der Waals surface area contributed by atoms with Crippen LogP contribution < -0.4 is 11.1 Å². The molecule has 2 aromatic carbocycles. The van der Waals surface area contributed by atoms with E-state index < -0.39 is 5.91 Å². The Morgan fingerprint density at radius 3 is 2.37 bits per heavy atom. The molecule has 2 rings (SSSR count). The molecule has 0 aliphatic rings. The van der Waals surface area contributed by atoms with Crippen LogP contribution in [0.3, 0.4) is 0 Å². The van der Waals surface area contributed by atoms with E-state index in [9.17, 15) is 14.7 Å². The summed E-state index contributed by atoms with van der Waals surface area (Å²) in [4.78, 5) is 22.9. The van der Waals surface area contributed by atoms with Crippen LogP contribution >= 0.6 is 0 Å². The Morgan fingerprint density at radius 2 is 1.68 bits per heavy atom. The average molecular weight is 256 g/mol. The zero-order chi connectivity index (χ0) is 13.8. The molecule has 0 bridgehead atoms. The molecule has 0 atom stereocenters. The zero-order valence-corrected chi connectivity index (χ0v) is 9.96. The van der Waals surface area contributed by atoms with Gasteiger partial charge in [-0.2, -0.15) is 0 Å². The molecule has 0 aliphatic carbocycles. The lowest BCUT2D eigenvalue weighted by molar-refractivity contribution is 0.0996. The standard InChI is InChI=1S/C14H12N2O3/c15-13(18)9-3-1-5-11(7-9)16-14(19)10-4-2-6-12(17)8-10/h1-8,17H,(H2,15,18)(H,16,19). The average Bonchev–Trinajstić information content (AvgIpc) is 2.39. The molecule has 0 aromatic heterocycles. The molecule has 0 radical (unpaired) electrons. The second kappa shape index (κ2) is 5.22. The van der Waals surface area contributed by atoms with Gasteiger partial charge in [0, 0.05) is 16.8 Å². The minimum Gasteiger partial charge on any atom is -0.508 e. The number of anilines is 1. The van der Waals surface area contributed by atoms with Gasteiger partial charge in [0.25, 0.3) is 5.91 Å². The summed E-state index contributed by atoms with van der Waals surface area (Å²) in [5.41, 5.74) is 6.26. The first-order valence-electron chi connectivity index (χ1n) is 5.56. The fourth-order valence-electron chi connectivity index (χ4n) is 1.60. The highest BCUT2D eigenvalue weighted by atomic mass is 16.3. The third-order valence-electron chi connectivity index (χ3n) is 2.51. The van der Waals surface area contributed by atoms with Gasteiger partial charge < -0.3 is 16.2 Å². The van der Waals surface area contributed by atoms with E-state index in [1.165, 1.54) is 18.2 Å². The number of aromatic hydroxyl groups is 1. The van der Waals surface area contributed by atoms with E-state index in [0.29, 0.717) is 16.8 Å². The Hall–Kier alpha value is -2.82. The van der Waals surface area contributed by atoms with Crippen LogP contribution in [0.15, 0.2) is 48.5 Å². The molecule has 0 saturated heterocycles. The number of carbonyl (C=O) groups is 2. The molecule has 5 heteroatoms. The molecular weight excluding hydrogens is 244 g/mol. The summed E-state index contributed by atoms with van der Waals surface area (Å²) >= 11 is 0. The van der Waals surface area contributed by atoms with Crippen LogP contribution in [0.5, 0.6) is 5.75 Å². The molecule has 4 N–H and O–H groups in total. The Balaban J connectivity index is 2.19. The molecular formula is C14H12N2O3. The van der Waals surface area contributed by atoms with Gasteiger partial charge in [0.2, 0.25) is 5.91 Å². The van der Waals surface area contributed by atoms with E-state index in [-0.39, 0.29) is 11.7 Å². The first-order valence-corrected chi connectivity index (χ1v) is 5.56. The van der Waals surface area contributed by atoms with Gasteiger partial charge in [-0.05, 0) is 36.4 Å². The van der Waals surface area contributed by atoms with Gasteiger partial charge in [0.05, 0.1) is 0 Å². The summed E-state index contributed by atoms with van der Waals surface area (Å²) in [6.45, 7) is 0. The highest BCUT2D eigenvalue weighted by Crippen LogP contribution is 2.15. The van der Waals surface area contributed by atoms with Gasteiger partial charge in [-0.1, -0.05) is 12.1 Å². The van der Waals surface area contributed by atoms with E-state index in [1.807, 2.05) is 0 Å².